The van der Waals surface area contributed by atoms with Gasteiger partial charge in [-0.05, 0) is 37.8 Å². The number of nitrogens with zero attached hydrogens (tertiary/aromatic N) is 3. The van der Waals surface area contributed by atoms with E-state index in [2.05, 4.69) is 21.0 Å². The molecule has 2 fully saturated rings. The predicted octanol–water partition coefficient (Wildman–Crippen LogP) is 3.88. The summed E-state index contributed by atoms with van der Waals surface area (Å²) < 4.78 is 14.8. The maximum Gasteiger partial charge on any atom is 0.407 e. The minimum absolute atomic E-state index is 0.0256. The van der Waals surface area contributed by atoms with Crippen LogP contribution < -0.4 is 4.74 Å². The Balaban J connectivity index is 1.52. The summed E-state index contributed by atoms with van der Waals surface area (Å²) >= 11 is 3.56. The predicted molar refractivity (Wildman–Crippen MR) is 99.5 cm³/mol. The molecule has 2 atom stereocenters. The van der Waals surface area contributed by atoms with Crippen molar-refractivity contribution in [1.82, 2.24) is 14.7 Å². The van der Waals surface area contributed by atoms with Gasteiger partial charge in [-0.25, -0.2) is 9.48 Å². The maximum absolute atomic E-state index is 11.0. The summed E-state index contributed by atoms with van der Waals surface area (Å²) in [6.45, 7) is 2.38. The average molecular weight is 424 g/mol. The van der Waals surface area contributed by atoms with Crippen molar-refractivity contribution in [3.63, 3.8) is 0 Å². The van der Waals surface area contributed by atoms with Gasteiger partial charge < -0.3 is 19.5 Å². The Morgan fingerprint density at radius 3 is 3.00 bits per heavy atom. The Morgan fingerprint density at radius 2 is 2.27 bits per heavy atom. The molecule has 0 bridgehead atoms. The van der Waals surface area contributed by atoms with Crippen molar-refractivity contribution >= 4 is 32.9 Å². The van der Waals surface area contributed by atoms with Crippen molar-refractivity contribution in [2.45, 2.75) is 31.9 Å². The fraction of sp³-hybridized carbons (Fsp3) is 0.556. The van der Waals surface area contributed by atoms with Crippen LogP contribution in [0.1, 0.15) is 31.9 Å². The van der Waals surface area contributed by atoms with Crippen LogP contribution in [0.15, 0.2) is 22.8 Å². The zero-order valence-corrected chi connectivity index (χ0v) is 16.0. The van der Waals surface area contributed by atoms with E-state index < -0.39 is 6.09 Å². The van der Waals surface area contributed by atoms with Gasteiger partial charge in [-0.2, -0.15) is 5.10 Å². The van der Waals surface area contributed by atoms with Crippen molar-refractivity contribution in [3.8, 4) is 5.75 Å². The molecule has 26 heavy (non-hydrogen) atoms. The summed E-state index contributed by atoms with van der Waals surface area (Å²) in [4.78, 5) is 12.5. The molecule has 2 saturated heterocycles. The van der Waals surface area contributed by atoms with Gasteiger partial charge in [0.1, 0.15) is 5.75 Å². The Morgan fingerprint density at radius 1 is 1.38 bits per heavy atom. The van der Waals surface area contributed by atoms with Crippen LogP contribution in [0.2, 0.25) is 0 Å². The lowest BCUT2D eigenvalue weighted by molar-refractivity contribution is -0.0366. The van der Waals surface area contributed by atoms with Crippen molar-refractivity contribution in [2.75, 3.05) is 26.3 Å². The third-order valence-electron chi connectivity index (χ3n) is 5.10. The number of aromatic nitrogens is 2. The Kier molecular flexibility index (Phi) is 5.04. The summed E-state index contributed by atoms with van der Waals surface area (Å²) in [6.07, 6.45) is 4.99. The van der Waals surface area contributed by atoms with E-state index in [1.54, 1.807) is 0 Å². The van der Waals surface area contributed by atoms with E-state index in [1.807, 2.05) is 23.0 Å². The highest BCUT2D eigenvalue weighted by molar-refractivity contribution is 9.10. The molecule has 2 aliphatic heterocycles. The number of benzene rings is 1. The van der Waals surface area contributed by atoms with Crippen LogP contribution in [-0.2, 0) is 4.74 Å². The molecule has 8 heteroatoms. The largest absolute Gasteiger partial charge is 0.492 e. The van der Waals surface area contributed by atoms with E-state index in [9.17, 15) is 4.79 Å². The average Bonchev–Trinajstić information content (AvgIpc) is 3.27. The van der Waals surface area contributed by atoms with E-state index in [0.29, 0.717) is 19.7 Å². The SMILES string of the molecule is O=C(O)N1CC[C@H](COc2cc(Br)cc3c2cnn3C2CCCCO2)C1. The Labute approximate surface area is 160 Å². The molecule has 0 spiro atoms. The number of fused-ring (bicyclic) bond motifs is 1. The fourth-order valence-electron chi connectivity index (χ4n) is 3.70. The smallest absolute Gasteiger partial charge is 0.407 e. The van der Waals surface area contributed by atoms with Crippen LogP contribution in [0.25, 0.3) is 10.9 Å². The maximum atomic E-state index is 11.0. The molecule has 0 aliphatic carbocycles. The van der Waals surface area contributed by atoms with Crippen LogP contribution in [-0.4, -0.2) is 52.2 Å². The normalized spacial score (nSPS) is 23.5. The van der Waals surface area contributed by atoms with Gasteiger partial charge in [0.2, 0.25) is 0 Å². The highest BCUT2D eigenvalue weighted by atomic mass is 79.9. The molecule has 1 unspecified atom stereocenters. The van der Waals surface area contributed by atoms with Crippen LogP contribution >= 0.6 is 15.9 Å². The molecule has 2 aliphatic rings. The van der Waals surface area contributed by atoms with E-state index in [1.165, 1.54) is 4.90 Å². The standard InChI is InChI=1S/C18H22BrN3O4/c19-13-7-15-14(9-20-22(15)17-3-1-2-6-25-17)16(8-13)26-11-12-4-5-21(10-12)18(23)24/h7-9,12,17H,1-6,10-11H2,(H,23,24)/t12-,17?/m0/s1. The van der Waals surface area contributed by atoms with Gasteiger partial charge in [0, 0.05) is 30.1 Å². The van der Waals surface area contributed by atoms with Crippen molar-refractivity contribution in [2.24, 2.45) is 5.92 Å². The molecular weight excluding hydrogens is 402 g/mol. The van der Waals surface area contributed by atoms with Gasteiger partial charge in [-0.3, -0.25) is 0 Å². The number of amides is 1. The molecule has 1 amide bonds. The van der Waals surface area contributed by atoms with E-state index in [0.717, 1.165) is 53.4 Å². The number of halogens is 1. The van der Waals surface area contributed by atoms with E-state index >= 15 is 0 Å². The number of ether oxygens (including phenoxy) is 2. The summed E-state index contributed by atoms with van der Waals surface area (Å²) in [7, 11) is 0. The summed E-state index contributed by atoms with van der Waals surface area (Å²) in [5.74, 6) is 0.988. The molecular formula is C18H22BrN3O4. The fourth-order valence-corrected chi connectivity index (χ4v) is 4.12. The lowest BCUT2D eigenvalue weighted by atomic mass is 10.1. The molecule has 2 aromatic rings. The second-order valence-electron chi connectivity index (χ2n) is 6.94. The van der Waals surface area contributed by atoms with Gasteiger partial charge in [0.25, 0.3) is 0 Å². The molecule has 0 saturated carbocycles. The first kappa shape index (κ1) is 17.6. The van der Waals surface area contributed by atoms with Crippen molar-refractivity contribution in [1.29, 1.82) is 0 Å². The lowest BCUT2D eigenvalue weighted by Crippen LogP contribution is -2.27. The van der Waals surface area contributed by atoms with E-state index in [4.69, 9.17) is 14.6 Å². The third-order valence-corrected chi connectivity index (χ3v) is 5.56. The molecule has 1 N–H and O–H groups in total. The molecule has 1 aromatic carbocycles. The zero-order chi connectivity index (χ0) is 18.1. The quantitative estimate of drug-likeness (QED) is 0.807. The number of carbonyl (C=O) groups is 1. The molecule has 140 valence electrons. The number of hydrogen-bond acceptors (Lipinski definition) is 4. The van der Waals surface area contributed by atoms with Crippen LogP contribution in [0.4, 0.5) is 4.79 Å². The molecule has 0 radical (unpaired) electrons. The first-order valence-corrected chi connectivity index (χ1v) is 9.80. The topological polar surface area (TPSA) is 76.8 Å². The number of carboxylic acid groups (broad SMARTS) is 1. The number of hydrogen-bond donors (Lipinski definition) is 1. The Hall–Kier alpha value is -1.80. The molecule has 1 aromatic heterocycles. The van der Waals surface area contributed by atoms with Gasteiger partial charge in [-0.1, -0.05) is 15.9 Å². The molecule has 7 nitrogen and oxygen atoms in total. The van der Waals surface area contributed by atoms with E-state index in [-0.39, 0.29) is 12.1 Å². The summed E-state index contributed by atoms with van der Waals surface area (Å²) in [6, 6.07) is 3.98. The zero-order valence-electron chi connectivity index (χ0n) is 14.4. The first-order chi connectivity index (χ1) is 12.6. The lowest BCUT2D eigenvalue weighted by Gasteiger charge is -2.23. The monoisotopic (exact) mass is 423 g/mol. The van der Waals surface area contributed by atoms with Crippen LogP contribution in [0, 0.1) is 5.92 Å². The molecule has 4 rings (SSSR count). The van der Waals surface area contributed by atoms with Gasteiger partial charge in [0.05, 0.1) is 23.7 Å². The van der Waals surface area contributed by atoms with Gasteiger partial charge in [0.15, 0.2) is 6.23 Å². The van der Waals surface area contributed by atoms with Gasteiger partial charge in [-0.15, -0.1) is 0 Å². The highest BCUT2D eigenvalue weighted by Gasteiger charge is 2.27. The van der Waals surface area contributed by atoms with Crippen LogP contribution in [0.3, 0.4) is 0 Å². The highest BCUT2D eigenvalue weighted by Crippen LogP contribution is 2.34. The first-order valence-electron chi connectivity index (χ1n) is 9.01. The minimum atomic E-state index is -0.855. The number of likely N-dealkylation sites (tertiary alicyclic amines) is 1. The van der Waals surface area contributed by atoms with Crippen molar-refractivity contribution in [3.05, 3.63) is 22.8 Å². The minimum Gasteiger partial charge on any atom is -0.492 e. The Bertz CT molecular complexity index is 803. The summed E-state index contributed by atoms with van der Waals surface area (Å²) in [5, 5.41) is 14.6. The summed E-state index contributed by atoms with van der Waals surface area (Å²) in [5.41, 5.74) is 0.986. The second kappa shape index (κ2) is 7.44. The molecule has 3 heterocycles. The number of rotatable bonds is 4. The third kappa shape index (κ3) is 3.53. The van der Waals surface area contributed by atoms with Crippen LogP contribution in [0.5, 0.6) is 5.75 Å². The van der Waals surface area contributed by atoms with Crippen molar-refractivity contribution < 1.29 is 19.4 Å². The second-order valence-corrected chi connectivity index (χ2v) is 7.86. The van der Waals surface area contributed by atoms with Gasteiger partial charge >= 0.3 is 6.09 Å².